The standard InChI is InChI=1S/C49H84O20P2/c1-3-5-7-8-9-10-11-12-13-14-15-16-17-18-19-20-26-30-42(53)66-37-34-64-41(52)29-25-22-21-24-28-38-39(51)33-43(54)67-40(32-31-36(50)27-23-6-4-2)45(56)48(68-70(59,60)61)49(47(58)46(57)44(38)55)69-71(62,63)65-35-37/h12-13,15-16,18-19,21,24,31-32,36-40,43-51,54-58H,3-11,14,17,20,22-23,25-30,33-35H2,1-2H3,(H,62,63)(H2,59,60,61)/b13-12-,16-15-,19-18-,24-21?,32-31+/t36-,37+,38-,39-,40+,43?,44+,45+,46-,47+,48+,49-/m0/s1. The molecule has 0 radical (unpaired) electrons. The fourth-order valence-electron chi connectivity index (χ4n) is 7.85. The van der Waals surface area contributed by atoms with Gasteiger partial charge in [0.15, 0.2) is 12.4 Å². The second-order valence-electron chi connectivity index (χ2n) is 18.1. The van der Waals surface area contributed by atoms with Crippen LogP contribution in [0.5, 0.6) is 0 Å². The average Bonchev–Trinajstić information content (AvgIpc) is 3.31. The molecular weight excluding hydrogens is 970 g/mol. The van der Waals surface area contributed by atoms with E-state index in [4.69, 9.17) is 27.8 Å². The first-order valence-corrected chi connectivity index (χ1v) is 28.3. The molecule has 0 aromatic rings. The molecular formula is C49H84O20P2. The van der Waals surface area contributed by atoms with Crippen molar-refractivity contribution >= 4 is 27.6 Å². The van der Waals surface area contributed by atoms with Crippen molar-refractivity contribution in [2.24, 2.45) is 5.92 Å². The highest BCUT2D eigenvalue weighted by molar-refractivity contribution is 7.47. The number of allylic oxidation sites excluding steroid dienone is 8. The Morgan fingerprint density at radius 1 is 0.831 bits per heavy atom. The zero-order valence-electron chi connectivity index (χ0n) is 41.4. The van der Waals surface area contributed by atoms with E-state index < -0.39 is 120 Å². The molecule has 0 aliphatic carbocycles. The van der Waals surface area contributed by atoms with Crippen molar-refractivity contribution in [1.82, 2.24) is 0 Å². The van der Waals surface area contributed by atoms with E-state index in [1.54, 1.807) is 6.08 Å². The second kappa shape index (κ2) is 36.5. The van der Waals surface area contributed by atoms with Gasteiger partial charge in [-0.2, -0.15) is 0 Å². The number of carbonyl (C=O) groups is 2. The average molecular weight is 1060 g/mol. The molecule has 1 fully saturated rings. The summed E-state index contributed by atoms with van der Waals surface area (Å²) in [4.78, 5) is 56.8. The van der Waals surface area contributed by atoms with Crippen LogP contribution in [0.1, 0.15) is 149 Å². The first-order chi connectivity index (χ1) is 33.8. The van der Waals surface area contributed by atoms with Crippen molar-refractivity contribution in [1.29, 1.82) is 0 Å². The van der Waals surface area contributed by atoms with Crippen LogP contribution in [-0.4, -0.2) is 143 Å². The number of carbonyl (C=O) groups excluding carboxylic acids is 2. The van der Waals surface area contributed by atoms with Gasteiger partial charge in [0.05, 0.1) is 24.9 Å². The molecule has 2 aliphatic rings. The Balaban J connectivity index is 2.35. The highest BCUT2D eigenvalue weighted by Crippen LogP contribution is 2.49. The van der Waals surface area contributed by atoms with Gasteiger partial charge in [0.1, 0.15) is 43.2 Å². The molecule has 1 saturated heterocycles. The van der Waals surface area contributed by atoms with E-state index in [1.165, 1.54) is 44.6 Å². The molecule has 2 unspecified atom stereocenters. The fraction of sp³-hybridized carbons (Fsp3) is 0.755. The van der Waals surface area contributed by atoms with Gasteiger partial charge in [0.25, 0.3) is 0 Å². The van der Waals surface area contributed by atoms with E-state index in [0.717, 1.165) is 37.8 Å². The van der Waals surface area contributed by atoms with Gasteiger partial charge in [-0.25, -0.2) is 9.13 Å². The number of phosphoric ester groups is 2. The van der Waals surface area contributed by atoms with Crippen LogP contribution in [0.15, 0.2) is 60.8 Å². The predicted molar refractivity (Wildman–Crippen MR) is 263 cm³/mol. The predicted octanol–water partition coefficient (Wildman–Crippen LogP) is 5.95. The number of fused-ring (bicyclic) bond motifs is 4. The van der Waals surface area contributed by atoms with E-state index >= 15 is 0 Å². The topological polar surface area (TPSA) is 326 Å². The van der Waals surface area contributed by atoms with Gasteiger partial charge in [0, 0.05) is 25.2 Å². The minimum absolute atomic E-state index is 0.112. The van der Waals surface area contributed by atoms with E-state index in [-0.39, 0.29) is 38.5 Å². The smallest absolute Gasteiger partial charge is 0.462 e. The number of phosphoric acid groups is 2. The molecule has 410 valence electrons. The summed E-state index contributed by atoms with van der Waals surface area (Å²) >= 11 is 0. The normalized spacial score (nSPS) is 31.1. The molecule has 0 aromatic heterocycles. The van der Waals surface area contributed by atoms with Crippen LogP contribution in [0, 0.1) is 5.92 Å². The van der Waals surface area contributed by atoms with Crippen LogP contribution in [0.2, 0.25) is 0 Å². The summed E-state index contributed by atoms with van der Waals surface area (Å²) < 4.78 is 57.8. The molecule has 2 rings (SSSR count). The minimum Gasteiger partial charge on any atom is -0.462 e. The highest BCUT2D eigenvalue weighted by Gasteiger charge is 2.50. The number of cyclic esters (lactones) is 1. The van der Waals surface area contributed by atoms with E-state index in [1.807, 2.05) is 25.2 Å². The number of hydrogen-bond acceptors (Lipinski definition) is 17. The maximum Gasteiger partial charge on any atom is 0.472 e. The summed E-state index contributed by atoms with van der Waals surface area (Å²) in [5.74, 6) is -2.95. The molecule has 10 N–H and O–H groups in total. The molecule has 22 heteroatoms. The van der Waals surface area contributed by atoms with Gasteiger partial charge in [-0.05, 0) is 64.2 Å². The summed E-state index contributed by atoms with van der Waals surface area (Å²) in [5.41, 5.74) is 0. The monoisotopic (exact) mass is 1050 g/mol. The Labute approximate surface area is 419 Å². The molecule has 2 aliphatic heterocycles. The Hall–Kier alpha value is -2.46. The Kier molecular flexibility index (Phi) is 33.2. The lowest BCUT2D eigenvalue weighted by atomic mass is 9.83. The van der Waals surface area contributed by atoms with E-state index in [2.05, 4.69) is 25.2 Å². The Morgan fingerprint density at radius 2 is 1.46 bits per heavy atom. The summed E-state index contributed by atoms with van der Waals surface area (Å²) in [5, 5.41) is 79.1. The fourth-order valence-corrected chi connectivity index (χ4v) is 9.38. The minimum atomic E-state index is -5.81. The quantitative estimate of drug-likeness (QED) is 0.0231. The molecule has 0 spiro atoms. The van der Waals surface area contributed by atoms with Crippen molar-refractivity contribution in [3.63, 3.8) is 0 Å². The third-order valence-electron chi connectivity index (χ3n) is 11.9. The van der Waals surface area contributed by atoms with Crippen LogP contribution in [-0.2, 0) is 46.5 Å². The lowest BCUT2D eigenvalue weighted by Crippen LogP contribution is -2.58. The summed E-state index contributed by atoms with van der Waals surface area (Å²) in [6, 6.07) is 0. The van der Waals surface area contributed by atoms with Crippen molar-refractivity contribution in [3.05, 3.63) is 60.8 Å². The van der Waals surface area contributed by atoms with Gasteiger partial charge in [-0.15, -0.1) is 0 Å². The second-order valence-corrected chi connectivity index (χ2v) is 20.7. The molecule has 2 heterocycles. The number of aliphatic hydroxyl groups excluding tert-OH is 7. The SMILES string of the molecule is CCCCCCCC/C=C\C/C=C\C/C=C\CCCC(=O)O[C@@H]1COC(=O)CCCC=CC[C@@H]2[C@@H](O)[C@H](O)[C@@H](O)[C@H](OP(=O)(O)OC1)[C@H](OP(=O)(O)O)[C@H](O)[C@@H](/C=C/[C@@H](O)CCCCC)OC(O)C[C@@H]2O. The number of unbranched alkanes of at least 4 members (excludes halogenated alkanes) is 9. The third kappa shape index (κ3) is 28.7. The first kappa shape index (κ1) is 64.7. The van der Waals surface area contributed by atoms with Crippen LogP contribution in [0.25, 0.3) is 0 Å². The van der Waals surface area contributed by atoms with Crippen molar-refractivity contribution in [3.8, 4) is 0 Å². The van der Waals surface area contributed by atoms with E-state index in [9.17, 15) is 69.1 Å². The molecule has 0 amide bonds. The largest absolute Gasteiger partial charge is 0.472 e. The highest BCUT2D eigenvalue weighted by atomic mass is 31.2. The number of hydrogen-bond donors (Lipinski definition) is 10. The number of esters is 2. The third-order valence-corrected chi connectivity index (χ3v) is 13.4. The lowest BCUT2D eigenvalue weighted by molar-refractivity contribution is -0.210. The van der Waals surface area contributed by atoms with Gasteiger partial charge >= 0.3 is 27.6 Å². The van der Waals surface area contributed by atoms with Crippen molar-refractivity contribution in [2.45, 2.75) is 216 Å². The number of rotatable bonds is 24. The van der Waals surface area contributed by atoms with Gasteiger partial charge in [0.2, 0.25) is 0 Å². The van der Waals surface area contributed by atoms with Crippen LogP contribution >= 0.6 is 15.6 Å². The first-order valence-electron chi connectivity index (χ1n) is 25.2. The van der Waals surface area contributed by atoms with E-state index in [0.29, 0.717) is 25.7 Å². The molecule has 71 heavy (non-hydrogen) atoms. The Bertz CT molecular complexity index is 1720. The summed E-state index contributed by atoms with van der Waals surface area (Å²) in [6.07, 6.45) is 6.76. The van der Waals surface area contributed by atoms with Crippen LogP contribution in [0.4, 0.5) is 0 Å². The van der Waals surface area contributed by atoms with Gasteiger partial charge < -0.3 is 64.6 Å². The molecule has 2 bridgehead atoms. The molecule has 0 saturated carbocycles. The molecule has 20 nitrogen and oxygen atoms in total. The zero-order chi connectivity index (χ0) is 52.7. The summed E-state index contributed by atoms with van der Waals surface area (Å²) in [6.45, 7) is 2.48. The maximum atomic E-state index is 13.8. The lowest BCUT2D eigenvalue weighted by Gasteiger charge is -2.41. The van der Waals surface area contributed by atoms with Crippen LogP contribution in [0.3, 0.4) is 0 Å². The number of ether oxygens (including phenoxy) is 3. The van der Waals surface area contributed by atoms with Gasteiger partial charge in [-0.1, -0.05) is 126 Å². The number of aliphatic hydroxyl groups is 7. The van der Waals surface area contributed by atoms with Crippen molar-refractivity contribution in [2.75, 3.05) is 13.2 Å². The summed E-state index contributed by atoms with van der Waals surface area (Å²) in [7, 11) is -11.5. The maximum absolute atomic E-state index is 13.8. The molecule has 13 atom stereocenters. The van der Waals surface area contributed by atoms with Crippen LogP contribution < -0.4 is 0 Å². The molecule has 0 aromatic carbocycles. The Morgan fingerprint density at radius 3 is 2.14 bits per heavy atom. The van der Waals surface area contributed by atoms with Crippen molar-refractivity contribution < 1.29 is 96.9 Å². The zero-order valence-corrected chi connectivity index (χ0v) is 43.2. The van der Waals surface area contributed by atoms with Gasteiger partial charge in [-0.3, -0.25) is 23.2 Å².